The van der Waals surface area contributed by atoms with Gasteiger partial charge in [-0.2, -0.15) is 0 Å². The standard InChI is InChI=1S/C38H38N4O2/c1-5-25(3)27-18-20-35(43)32(21-27)34-24-42(30-15-11-8-12-16-30)38(40-34)37-39-33(23-41(37)29-13-9-7-10-14-29)31-19-17-28(22-36(31)44)26(4)6-2/h7-26,43-44H,5-6H2,1-4H3. The van der Waals surface area contributed by atoms with Crippen molar-refractivity contribution in [3.8, 4) is 57.0 Å². The first-order chi connectivity index (χ1) is 21.4. The first-order valence-corrected chi connectivity index (χ1v) is 15.3. The predicted molar refractivity (Wildman–Crippen MR) is 178 cm³/mol. The molecular formula is C38H38N4O2. The normalized spacial score (nSPS) is 12.7. The number of phenols is 2. The molecule has 0 amide bonds. The Kier molecular flexibility index (Phi) is 8.07. The molecule has 4 aromatic carbocycles. The molecule has 0 fully saturated rings. The molecule has 2 N–H and O–H groups in total. The third kappa shape index (κ3) is 5.51. The summed E-state index contributed by atoms with van der Waals surface area (Å²) in [7, 11) is 0. The van der Waals surface area contributed by atoms with E-state index in [2.05, 4.69) is 33.8 Å². The fourth-order valence-corrected chi connectivity index (χ4v) is 5.51. The fraction of sp³-hybridized carbons (Fsp3) is 0.211. The second-order valence-corrected chi connectivity index (χ2v) is 11.5. The van der Waals surface area contributed by atoms with Crippen LogP contribution in [0.4, 0.5) is 0 Å². The topological polar surface area (TPSA) is 76.1 Å². The molecular weight excluding hydrogens is 544 g/mol. The first-order valence-electron chi connectivity index (χ1n) is 15.3. The van der Waals surface area contributed by atoms with E-state index in [0.717, 1.165) is 35.3 Å². The van der Waals surface area contributed by atoms with E-state index in [1.165, 1.54) is 0 Å². The van der Waals surface area contributed by atoms with E-state index >= 15 is 0 Å². The Labute approximate surface area is 259 Å². The molecule has 44 heavy (non-hydrogen) atoms. The molecule has 6 aromatic rings. The zero-order valence-corrected chi connectivity index (χ0v) is 25.6. The smallest absolute Gasteiger partial charge is 0.182 e. The van der Waals surface area contributed by atoms with Gasteiger partial charge in [-0.05, 0) is 84.3 Å². The molecule has 0 radical (unpaired) electrons. The van der Waals surface area contributed by atoms with E-state index in [1.54, 1.807) is 6.07 Å². The largest absolute Gasteiger partial charge is 0.507 e. The number of hydrogen-bond donors (Lipinski definition) is 2. The monoisotopic (exact) mass is 582 g/mol. The molecule has 6 nitrogen and oxygen atoms in total. The van der Waals surface area contributed by atoms with Gasteiger partial charge in [-0.25, -0.2) is 9.97 Å². The van der Waals surface area contributed by atoms with Gasteiger partial charge in [0, 0.05) is 34.9 Å². The molecule has 2 aromatic heterocycles. The maximum atomic E-state index is 11.1. The minimum Gasteiger partial charge on any atom is -0.507 e. The first kappa shape index (κ1) is 29.0. The number of aromatic nitrogens is 4. The number of phenolic OH excluding ortho intramolecular Hbond substituents is 2. The summed E-state index contributed by atoms with van der Waals surface area (Å²) in [5.41, 5.74) is 6.71. The highest BCUT2D eigenvalue weighted by Crippen LogP contribution is 2.38. The van der Waals surface area contributed by atoms with Crippen LogP contribution in [0.3, 0.4) is 0 Å². The molecule has 2 unspecified atom stereocenters. The molecule has 2 heterocycles. The van der Waals surface area contributed by atoms with E-state index in [4.69, 9.17) is 9.97 Å². The van der Waals surface area contributed by atoms with Crippen molar-refractivity contribution in [1.82, 2.24) is 19.1 Å². The van der Waals surface area contributed by atoms with Gasteiger partial charge in [0.05, 0.1) is 11.4 Å². The highest BCUT2D eigenvalue weighted by atomic mass is 16.3. The van der Waals surface area contributed by atoms with Gasteiger partial charge >= 0.3 is 0 Å². The summed E-state index contributed by atoms with van der Waals surface area (Å²) in [6.07, 6.45) is 5.90. The number of benzene rings is 4. The van der Waals surface area contributed by atoms with Crippen LogP contribution >= 0.6 is 0 Å². The molecule has 0 bridgehead atoms. The van der Waals surface area contributed by atoms with Crippen LogP contribution in [0.25, 0.3) is 45.5 Å². The number of rotatable bonds is 9. The van der Waals surface area contributed by atoms with Gasteiger partial charge in [0.2, 0.25) is 0 Å². The molecule has 0 aliphatic carbocycles. The summed E-state index contributed by atoms with van der Waals surface area (Å²) in [5, 5.41) is 22.1. The van der Waals surface area contributed by atoms with Crippen molar-refractivity contribution in [2.24, 2.45) is 0 Å². The Morgan fingerprint density at radius 3 is 1.55 bits per heavy atom. The summed E-state index contributed by atoms with van der Waals surface area (Å²) in [6, 6.07) is 31.7. The summed E-state index contributed by atoms with van der Waals surface area (Å²) < 4.78 is 4.03. The average molecular weight is 583 g/mol. The zero-order chi connectivity index (χ0) is 30.8. The SMILES string of the molecule is CCC(C)c1ccc(-c2cn(-c3ccccc3)c(-c3nc(-c4cc(C(C)CC)ccc4O)cn3-c3ccccc3)n2)c(O)c1. The molecule has 0 spiro atoms. The van der Waals surface area contributed by atoms with E-state index in [1.807, 2.05) is 106 Å². The average Bonchev–Trinajstić information content (AvgIpc) is 3.70. The van der Waals surface area contributed by atoms with E-state index in [9.17, 15) is 10.2 Å². The van der Waals surface area contributed by atoms with Gasteiger partial charge in [0.15, 0.2) is 11.6 Å². The van der Waals surface area contributed by atoms with Crippen molar-refractivity contribution in [3.63, 3.8) is 0 Å². The number of nitrogens with zero attached hydrogens (tertiary/aromatic N) is 4. The fourth-order valence-electron chi connectivity index (χ4n) is 5.51. The van der Waals surface area contributed by atoms with E-state index in [-0.39, 0.29) is 11.5 Å². The zero-order valence-electron chi connectivity index (χ0n) is 25.6. The van der Waals surface area contributed by atoms with Crippen LogP contribution in [0.1, 0.15) is 63.5 Å². The molecule has 6 rings (SSSR count). The lowest BCUT2D eigenvalue weighted by Gasteiger charge is -2.11. The minimum absolute atomic E-state index is 0.180. The Bertz CT molecular complexity index is 1890. The minimum atomic E-state index is 0.180. The molecule has 0 saturated carbocycles. The number of hydrogen-bond acceptors (Lipinski definition) is 4. The Morgan fingerprint density at radius 2 is 1.05 bits per heavy atom. The second kappa shape index (κ2) is 12.3. The van der Waals surface area contributed by atoms with Crippen molar-refractivity contribution in [2.45, 2.75) is 52.4 Å². The van der Waals surface area contributed by atoms with Crippen molar-refractivity contribution in [1.29, 1.82) is 0 Å². The van der Waals surface area contributed by atoms with Gasteiger partial charge in [-0.3, -0.25) is 9.13 Å². The van der Waals surface area contributed by atoms with Crippen molar-refractivity contribution in [3.05, 3.63) is 121 Å². The number of para-hydroxylation sites is 2. The molecule has 6 heteroatoms. The van der Waals surface area contributed by atoms with Gasteiger partial charge in [0.1, 0.15) is 11.5 Å². The lowest BCUT2D eigenvalue weighted by Crippen LogP contribution is -2.02. The van der Waals surface area contributed by atoms with Crippen LogP contribution < -0.4 is 0 Å². The molecule has 0 aliphatic heterocycles. The predicted octanol–water partition coefficient (Wildman–Crippen LogP) is 9.50. The molecule has 2 atom stereocenters. The van der Waals surface area contributed by atoms with Gasteiger partial charge in [-0.1, -0.05) is 76.2 Å². The lowest BCUT2D eigenvalue weighted by molar-refractivity contribution is 0.475. The molecule has 0 saturated heterocycles. The summed E-state index contributed by atoms with van der Waals surface area (Å²) in [5.74, 6) is 2.31. The quantitative estimate of drug-likeness (QED) is 0.178. The molecule has 222 valence electrons. The van der Waals surface area contributed by atoms with Gasteiger partial charge in [-0.15, -0.1) is 0 Å². The van der Waals surface area contributed by atoms with Crippen LogP contribution in [0.2, 0.25) is 0 Å². The number of imidazole rings is 2. The second-order valence-electron chi connectivity index (χ2n) is 11.5. The Balaban J connectivity index is 1.57. The maximum Gasteiger partial charge on any atom is 0.182 e. The highest BCUT2D eigenvalue weighted by molar-refractivity contribution is 5.74. The third-order valence-corrected chi connectivity index (χ3v) is 8.64. The van der Waals surface area contributed by atoms with Crippen molar-refractivity contribution >= 4 is 0 Å². The van der Waals surface area contributed by atoms with E-state index in [0.29, 0.717) is 46.0 Å². The number of aromatic hydroxyl groups is 2. The van der Waals surface area contributed by atoms with Crippen LogP contribution in [0, 0.1) is 0 Å². The van der Waals surface area contributed by atoms with Crippen molar-refractivity contribution in [2.75, 3.05) is 0 Å². The summed E-state index contributed by atoms with van der Waals surface area (Å²) in [4.78, 5) is 10.2. The van der Waals surface area contributed by atoms with Gasteiger partial charge < -0.3 is 10.2 Å². The Morgan fingerprint density at radius 1 is 0.568 bits per heavy atom. The van der Waals surface area contributed by atoms with Crippen LogP contribution in [0.15, 0.2) is 109 Å². The maximum absolute atomic E-state index is 11.1. The van der Waals surface area contributed by atoms with Crippen LogP contribution in [-0.4, -0.2) is 29.3 Å². The molecule has 0 aliphatic rings. The van der Waals surface area contributed by atoms with Gasteiger partial charge in [0.25, 0.3) is 0 Å². The Hall–Kier alpha value is -5.10. The highest BCUT2D eigenvalue weighted by Gasteiger charge is 2.23. The van der Waals surface area contributed by atoms with Crippen LogP contribution in [-0.2, 0) is 0 Å². The van der Waals surface area contributed by atoms with Crippen molar-refractivity contribution < 1.29 is 10.2 Å². The van der Waals surface area contributed by atoms with E-state index < -0.39 is 0 Å². The van der Waals surface area contributed by atoms with Crippen LogP contribution in [0.5, 0.6) is 11.5 Å². The third-order valence-electron chi connectivity index (χ3n) is 8.64. The summed E-state index contributed by atoms with van der Waals surface area (Å²) >= 11 is 0. The summed E-state index contributed by atoms with van der Waals surface area (Å²) in [6.45, 7) is 8.66. The lowest BCUT2D eigenvalue weighted by atomic mass is 9.96.